The molecule has 0 spiro atoms. The van der Waals surface area contributed by atoms with Crippen LogP contribution in [0.3, 0.4) is 0 Å². The molecule has 1 unspecified atom stereocenters. The van der Waals surface area contributed by atoms with Crippen LogP contribution < -0.4 is 5.32 Å². The molecule has 0 radical (unpaired) electrons. The first-order valence-electron chi connectivity index (χ1n) is 7.99. The van der Waals surface area contributed by atoms with Gasteiger partial charge in [-0.1, -0.05) is 6.92 Å². The fraction of sp³-hybridized carbons (Fsp3) is 0.688. The van der Waals surface area contributed by atoms with Gasteiger partial charge in [0.2, 0.25) is 5.95 Å². The predicted molar refractivity (Wildman–Crippen MR) is 88.1 cm³/mol. The summed E-state index contributed by atoms with van der Waals surface area (Å²) < 4.78 is 0. The lowest BCUT2D eigenvalue weighted by atomic mass is 10.00. The smallest absolute Gasteiger partial charge is 0.272 e. The lowest BCUT2D eigenvalue weighted by Gasteiger charge is -2.30. The minimum absolute atomic E-state index is 0.0210. The summed E-state index contributed by atoms with van der Waals surface area (Å²) in [7, 11) is 4.04. The van der Waals surface area contributed by atoms with Crippen LogP contribution in [0.1, 0.15) is 35.9 Å². The fourth-order valence-corrected chi connectivity index (χ4v) is 2.68. The highest BCUT2D eigenvalue weighted by atomic mass is 16.2. The number of hydrogen-bond donors (Lipinski definition) is 1. The van der Waals surface area contributed by atoms with Crippen molar-refractivity contribution in [2.45, 2.75) is 26.7 Å². The van der Waals surface area contributed by atoms with E-state index in [-0.39, 0.29) is 5.91 Å². The van der Waals surface area contributed by atoms with Crippen molar-refractivity contribution < 1.29 is 4.79 Å². The van der Waals surface area contributed by atoms with Gasteiger partial charge in [-0.15, -0.1) is 0 Å². The summed E-state index contributed by atoms with van der Waals surface area (Å²) in [5, 5.41) is 3.19. The summed E-state index contributed by atoms with van der Waals surface area (Å²) in [5.74, 6) is 1.13. The molecule has 2 heterocycles. The topological polar surface area (TPSA) is 61.4 Å². The molecule has 1 aliphatic rings. The van der Waals surface area contributed by atoms with Gasteiger partial charge in [-0.25, -0.2) is 9.97 Å². The van der Waals surface area contributed by atoms with Gasteiger partial charge < -0.3 is 15.1 Å². The molecule has 6 heteroatoms. The normalized spacial score (nSPS) is 18.6. The number of piperidine rings is 1. The van der Waals surface area contributed by atoms with Gasteiger partial charge in [-0.05, 0) is 45.8 Å². The molecular weight excluding hydrogens is 278 g/mol. The van der Waals surface area contributed by atoms with Crippen LogP contribution in [-0.4, -0.2) is 65.9 Å². The third-order valence-corrected chi connectivity index (χ3v) is 3.86. The number of amides is 1. The number of hydrogen-bond acceptors (Lipinski definition) is 5. The lowest BCUT2D eigenvalue weighted by molar-refractivity contribution is 0.0677. The predicted octanol–water partition coefficient (Wildman–Crippen LogP) is 1.63. The first-order valence-corrected chi connectivity index (χ1v) is 7.99. The van der Waals surface area contributed by atoms with Crippen LogP contribution in [-0.2, 0) is 0 Å². The van der Waals surface area contributed by atoms with Crippen molar-refractivity contribution in [2.24, 2.45) is 5.92 Å². The summed E-state index contributed by atoms with van der Waals surface area (Å²) in [6.07, 6.45) is 2.27. The van der Waals surface area contributed by atoms with Crippen molar-refractivity contribution in [1.82, 2.24) is 19.8 Å². The lowest BCUT2D eigenvalue weighted by Crippen LogP contribution is -2.39. The molecular formula is C16H27N5O. The molecule has 0 aliphatic carbocycles. The summed E-state index contributed by atoms with van der Waals surface area (Å²) in [6.45, 7) is 7.39. The van der Waals surface area contributed by atoms with Crippen LogP contribution in [0, 0.1) is 12.8 Å². The molecule has 122 valence electrons. The number of nitrogens with one attached hydrogen (secondary N) is 1. The standard InChI is InChI=1S/C16H27N5O/c1-12-6-5-8-21(11-12)15(22)14-10-13(2)18-16(19-14)17-7-9-20(3)4/h10,12H,5-9,11H2,1-4H3,(H,17,18,19). The number of aryl methyl sites for hydroxylation is 1. The van der Waals surface area contributed by atoms with Gasteiger partial charge in [0.05, 0.1) is 0 Å². The zero-order valence-corrected chi connectivity index (χ0v) is 14.1. The van der Waals surface area contributed by atoms with E-state index >= 15 is 0 Å². The van der Waals surface area contributed by atoms with Crippen LogP contribution in [0.5, 0.6) is 0 Å². The van der Waals surface area contributed by atoms with Crippen LogP contribution in [0.2, 0.25) is 0 Å². The molecule has 0 bridgehead atoms. The van der Waals surface area contributed by atoms with Gasteiger partial charge in [0, 0.05) is 31.9 Å². The average Bonchev–Trinajstić information content (AvgIpc) is 2.45. The Bertz CT molecular complexity index is 517. The molecule has 1 amide bonds. The number of rotatable bonds is 5. The van der Waals surface area contributed by atoms with Crippen molar-refractivity contribution in [3.63, 3.8) is 0 Å². The average molecular weight is 305 g/mol. The number of aromatic nitrogens is 2. The van der Waals surface area contributed by atoms with E-state index in [1.807, 2.05) is 25.9 Å². The fourth-order valence-electron chi connectivity index (χ4n) is 2.68. The Hall–Kier alpha value is -1.69. The zero-order valence-electron chi connectivity index (χ0n) is 14.1. The molecule has 1 N–H and O–H groups in total. The summed E-state index contributed by atoms with van der Waals surface area (Å²) in [6, 6.07) is 1.78. The second-order valence-corrected chi connectivity index (χ2v) is 6.45. The first-order chi connectivity index (χ1) is 10.5. The number of carbonyl (C=O) groups is 1. The third kappa shape index (κ3) is 4.66. The van der Waals surface area contributed by atoms with E-state index in [4.69, 9.17) is 0 Å². The van der Waals surface area contributed by atoms with E-state index in [0.717, 1.165) is 38.3 Å². The largest absolute Gasteiger partial charge is 0.353 e. The number of nitrogens with zero attached hydrogens (tertiary/aromatic N) is 4. The Morgan fingerprint density at radius 3 is 2.91 bits per heavy atom. The maximum atomic E-state index is 12.6. The Balaban J connectivity index is 2.06. The van der Waals surface area contributed by atoms with Gasteiger partial charge in [0.1, 0.15) is 5.69 Å². The van der Waals surface area contributed by atoms with Crippen LogP contribution in [0.4, 0.5) is 5.95 Å². The van der Waals surface area contributed by atoms with E-state index in [2.05, 4.69) is 27.1 Å². The minimum Gasteiger partial charge on any atom is -0.353 e. The van der Waals surface area contributed by atoms with E-state index in [9.17, 15) is 4.79 Å². The molecule has 1 aromatic heterocycles. The Kier molecular flexibility index (Phi) is 5.71. The van der Waals surface area contributed by atoms with Crippen LogP contribution in [0.25, 0.3) is 0 Å². The van der Waals surface area contributed by atoms with Gasteiger partial charge in [-0.3, -0.25) is 4.79 Å². The summed E-state index contributed by atoms with van der Waals surface area (Å²) >= 11 is 0. The van der Waals surface area contributed by atoms with Crippen LogP contribution in [0.15, 0.2) is 6.07 Å². The van der Waals surface area contributed by atoms with E-state index in [0.29, 0.717) is 17.6 Å². The van der Waals surface area contributed by atoms with Crippen molar-refractivity contribution in [3.8, 4) is 0 Å². The molecule has 0 aromatic carbocycles. The van der Waals surface area contributed by atoms with Gasteiger partial charge in [0.25, 0.3) is 5.91 Å². The Morgan fingerprint density at radius 1 is 1.45 bits per heavy atom. The van der Waals surface area contributed by atoms with Crippen molar-refractivity contribution in [3.05, 3.63) is 17.5 Å². The number of carbonyl (C=O) groups excluding carboxylic acids is 1. The molecule has 1 fully saturated rings. The van der Waals surface area contributed by atoms with Crippen molar-refractivity contribution in [2.75, 3.05) is 45.6 Å². The highest BCUT2D eigenvalue weighted by molar-refractivity contribution is 5.92. The third-order valence-electron chi connectivity index (χ3n) is 3.86. The van der Waals surface area contributed by atoms with E-state index < -0.39 is 0 Å². The zero-order chi connectivity index (χ0) is 16.1. The van der Waals surface area contributed by atoms with Gasteiger partial charge >= 0.3 is 0 Å². The number of anilines is 1. The minimum atomic E-state index is 0.0210. The molecule has 1 atom stereocenters. The maximum absolute atomic E-state index is 12.6. The van der Waals surface area contributed by atoms with E-state index in [1.165, 1.54) is 6.42 Å². The molecule has 2 rings (SSSR count). The molecule has 0 saturated carbocycles. The monoisotopic (exact) mass is 305 g/mol. The van der Waals surface area contributed by atoms with Gasteiger partial charge in [-0.2, -0.15) is 0 Å². The number of likely N-dealkylation sites (N-methyl/N-ethyl adjacent to an activating group) is 1. The molecule has 1 saturated heterocycles. The second-order valence-electron chi connectivity index (χ2n) is 6.45. The Labute approximate surface area is 132 Å². The SMILES string of the molecule is Cc1cc(C(=O)N2CCCC(C)C2)nc(NCCN(C)C)n1. The van der Waals surface area contributed by atoms with Crippen molar-refractivity contribution >= 4 is 11.9 Å². The Morgan fingerprint density at radius 2 is 2.23 bits per heavy atom. The molecule has 6 nitrogen and oxygen atoms in total. The van der Waals surface area contributed by atoms with Crippen LogP contribution >= 0.6 is 0 Å². The summed E-state index contributed by atoms with van der Waals surface area (Å²) in [4.78, 5) is 25.4. The quantitative estimate of drug-likeness (QED) is 0.896. The second kappa shape index (κ2) is 7.54. The van der Waals surface area contributed by atoms with Crippen molar-refractivity contribution in [1.29, 1.82) is 0 Å². The summed E-state index contributed by atoms with van der Waals surface area (Å²) in [5.41, 5.74) is 1.31. The molecule has 1 aliphatic heterocycles. The first kappa shape index (κ1) is 16.7. The van der Waals surface area contributed by atoms with E-state index in [1.54, 1.807) is 6.07 Å². The molecule has 22 heavy (non-hydrogen) atoms. The molecule has 1 aromatic rings. The maximum Gasteiger partial charge on any atom is 0.272 e. The number of likely N-dealkylation sites (tertiary alicyclic amines) is 1. The van der Waals surface area contributed by atoms with Gasteiger partial charge in [0.15, 0.2) is 0 Å². The highest BCUT2D eigenvalue weighted by Crippen LogP contribution is 2.18. The highest BCUT2D eigenvalue weighted by Gasteiger charge is 2.23.